The summed E-state index contributed by atoms with van der Waals surface area (Å²) < 4.78 is 37.8. The topological polar surface area (TPSA) is 49.8 Å². The summed E-state index contributed by atoms with van der Waals surface area (Å²) in [7, 11) is 0. The smallest absolute Gasteiger partial charge is 0.366 e. The van der Waals surface area contributed by atoms with E-state index in [-0.39, 0.29) is 0 Å². The summed E-state index contributed by atoms with van der Waals surface area (Å²) in [6, 6.07) is 14.6. The first kappa shape index (κ1) is 17.7. The van der Waals surface area contributed by atoms with Crippen molar-refractivity contribution in [2.24, 2.45) is 0 Å². The number of aromatic nitrogens is 2. The van der Waals surface area contributed by atoms with Crippen LogP contribution in [0.4, 0.5) is 30.6 Å². The number of rotatable bonds is 5. The Hall–Kier alpha value is -3.09. The van der Waals surface area contributed by atoms with Crippen LogP contribution in [0.2, 0.25) is 0 Å². The van der Waals surface area contributed by atoms with E-state index in [2.05, 4.69) is 20.6 Å². The summed E-state index contributed by atoms with van der Waals surface area (Å²) in [6.45, 7) is 2.49. The molecule has 3 aromatic rings. The highest BCUT2D eigenvalue weighted by molar-refractivity contribution is 5.56. The number of nitrogens with zero attached hydrogens (tertiary/aromatic N) is 2. The summed E-state index contributed by atoms with van der Waals surface area (Å²) in [6.07, 6.45) is -2.69. The number of hydrogen-bond donors (Lipinski definition) is 2. The van der Waals surface area contributed by atoms with Crippen LogP contribution >= 0.6 is 0 Å². The van der Waals surface area contributed by atoms with Crippen LogP contribution in [0.25, 0.3) is 0 Å². The largest absolute Gasteiger partial charge is 0.416 e. The maximum Gasteiger partial charge on any atom is 0.416 e. The predicted octanol–water partition coefficient (Wildman–Crippen LogP) is 5.16. The van der Waals surface area contributed by atoms with Gasteiger partial charge < -0.3 is 10.6 Å². The molecule has 0 amide bonds. The molecule has 7 heteroatoms. The molecule has 0 aliphatic carbocycles. The van der Waals surface area contributed by atoms with E-state index < -0.39 is 11.7 Å². The highest BCUT2D eigenvalue weighted by atomic mass is 19.4. The van der Waals surface area contributed by atoms with Gasteiger partial charge in [0.2, 0.25) is 5.95 Å². The van der Waals surface area contributed by atoms with Crippen molar-refractivity contribution in [1.29, 1.82) is 0 Å². The zero-order valence-electron chi connectivity index (χ0n) is 14.0. The summed E-state index contributed by atoms with van der Waals surface area (Å²) in [5.74, 6) is 0.976. The van der Waals surface area contributed by atoms with Gasteiger partial charge in [-0.1, -0.05) is 30.3 Å². The van der Waals surface area contributed by atoms with E-state index >= 15 is 0 Å². The average Bonchev–Trinajstić information content (AvgIpc) is 2.63. The second-order valence-electron chi connectivity index (χ2n) is 5.76. The quantitative estimate of drug-likeness (QED) is 0.661. The van der Waals surface area contributed by atoms with Crippen LogP contribution in [-0.2, 0) is 12.7 Å². The third-order valence-electron chi connectivity index (χ3n) is 3.74. The zero-order chi connectivity index (χ0) is 18.6. The van der Waals surface area contributed by atoms with Crippen LogP contribution in [-0.4, -0.2) is 9.97 Å². The summed E-state index contributed by atoms with van der Waals surface area (Å²) in [5.41, 5.74) is 1.77. The van der Waals surface area contributed by atoms with Crippen molar-refractivity contribution in [3.8, 4) is 0 Å². The van der Waals surface area contributed by atoms with Gasteiger partial charge in [-0.2, -0.15) is 18.2 Å². The van der Waals surface area contributed by atoms with Crippen LogP contribution in [0.3, 0.4) is 0 Å². The molecule has 0 radical (unpaired) electrons. The molecule has 2 N–H and O–H groups in total. The molecule has 1 heterocycles. The number of aryl methyl sites for hydroxylation is 1. The van der Waals surface area contributed by atoms with Gasteiger partial charge in [0.1, 0.15) is 5.82 Å². The van der Waals surface area contributed by atoms with Gasteiger partial charge in [-0.15, -0.1) is 0 Å². The highest BCUT2D eigenvalue weighted by Crippen LogP contribution is 2.30. The van der Waals surface area contributed by atoms with Crippen molar-refractivity contribution in [1.82, 2.24) is 9.97 Å². The van der Waals surface area contributed by atoms with Crippen molar-refractivity contribution < 1.29 is 13.2 Å². The van der Waals surface area contributed by atoms with E-state index in [4.69, 9.17) is 0 Å². The normalized spacial score (nSPS) is 11.2. The fraction of sp³-hybridized carbons (Fsp3) is 0.158. The molecule has 134 valence electrons. The summed E-state index contributed by atoms with van der Waals surface area (Å²) >= 11 is 0. The average molecular weight is 358 g/mol. The molecule has 3 rings (SSSR count). The molecule has 0 spiro atoms. The van der Waals surface area contributed by atoms with E-state index in [1.54, 1.807) is 6.20 Å². The van der Waals surface area contributed by atoms with Gasteiger partial charge in [0.15, 0.2) is 0 Å². The molecule has 0 atom stereocenters. The van der Waals surface area contributed by atoms with Crippen LogP contribution < -0.4 is 10.6 Å². The van der Waals surface area contributed by atoms with Crippen LogP contribution in [0.5, 0.6) is 0 Å². The Morgan fingerprint density at radius 1 is 0.962 bits per heavy atom. The summed E-state index contributed by atoms with van der Waals surface area (Å²) in [5, 5.41) is 6.16. The van der Waals surface area contributed by atoms with Crippen LogP contribution in [0.1, 0.15) is 16.7 Å². The Morgan fingerprint density at radius 3 is 2.31 bits per heavy atom. The Morgan fingerprint density at radius 2 is 1.65 bits per heavy atom. The number of benzene rings is 2. The van der Waals surface area contributed by atoms with Crippen LogP contribution in [0.15, 0.2) is 60.8 Å². The Kier molecular flexibility index (Phi) is 5.06. The molecule has 0 saturated heterocycles. The van der Waals surface area contributed by atoms with Gasteiger partial charge in [0, 0.05) is 24.0 Å². The Balaban J connectivity index is 1.71. The minimum absolute atomic E-state index is 0.311. The third kappa shape index (κ3) is 4.50. The summed E-state index contributed by atoms with van der Waals surface area (Å²) in [4.78, 5) is 8.57. The number of alkyl halides is 3. The van der Waals surface area contributed by atoms with Crippen molar-refractivity contribution in [2.75, 3.05) is 10.6 Å². The molecule has 4 nitrogen and oxygen atoms in total. The van der Waals surface area contributed by atoms with Crippen molar-refractivity contribution >= 4 is 17.5 Å². The Bertz CT molecular complexity index is 862. The first-order valence-electron chi connectivity index (χ1n) is 7.97. The second kappa shape index (κ2) is 7.43. The van der Waals surface area contributed by atoms with Gasteiger partial charge in [-0.05, 0) is 36.8 Å². The number of anilines is 3. The highest BCUT2D eigenvalue weighted by Gasteiger charge is 2.29. The maximum absolute atomic E-state index is 12.6. The lowest BCUT2D eigenvalue weighted by atomic mass is 10.2. The molecule has 0 fully saturated rings. The minimum atomic E-state index is -4.35. The SMILES string of the molecule is Cc1cnc(Nc2ccc(C(F)(F)F)cc2)nc1NCc1ccccc1. The first-order chi connectivity index (χ1) is 12.4. The monoisotopic (exact) mass is 358 g/mol. The predicted molar refractivity (Wildman–Crippen MR) is 95.3 cm³/mol. The van der Waals surface area contributed by atoms with Crippen molar-refractivity contribution in [2.45, 2.75) is 19.6 Å². The molecule has 1 aromatic heterocycles. The lowest BCUT2D eigenvalue weighted by Gasteiger charge is -2.12. The van der Waals surface area contributed by atoms with E-state index in [1.807, 2.05) is 37.3 Å². The molecule has 0 unspecified atom stereocenters. The lowest BCUT2D eigenvalue weighted by molar-refractivity contribution is -0.137. The van der Waals surface area contributed by atoms with Crippen LogP contribution in [0, 0.1) is 6.92 Å². The van der Waals surface area contributed by atoms with Gasteiger partial charge in [0.05, 0.1) is 5.56 Å². The standard InChI is InChI=1S/C19H17F3N4/c1-13-11-24-18(25-16-9-7-15(8-10-16)19(20,21)22)26-17(13)23-12-14-5-3-2-4-6-14/h2-11H,12H2,1H3,(H2,23,24,25,26). The van der Waals surface area contributed by atoms with E-state index in [0.717, 1.165) is 23.3 Å². The molecule has 0 aliphatic rings. The molecule has 2 aromatic carbocycles. The molecule has 0 saturated carbocycles. The molecular weight excluding hydrogens is 341 g/mol. The van der Waals surface area contributed by atoms with Crippen molar-refractivity contribution in [3.05, 3.63) is 77.5 Å². The fourth-order valence-electron chi connectivity index (χ4n) is 2.33. The van der Waals surface area contributed by atoms with E-state index in [9.17, 15) is 13.2 Å². The Labute approximate surface area is 149 Å². The van der Waals surface area contributed by atoms with E-state index in [0.29, 0.717) is 24.0 Å². The molecular formula is C19H17F3N4. The second-order valence-corrected chi connectivity index (χ2v) is 5.76. The minimum Gasteiger partial charge on any atom is -0.366 e. The zero-order valence-corrected chi connectivity index (χ0v) is 14.0. The molecule has 26 heavy (non-hydrogen) atoms. The van der Waals surface area contributed by atoms with E-state index in [1.165, 1.54) is 12.1 Å². The number of halogens is 3. The van der Waals surface area contributed by atoms with Gasteiger partial charge in [0.25, 0.3) is 0 Å². The first-order valence-corrected chi connectivity index (χ1v) is 7.97. The number of nitrogens with one attached hydrogen (secondary N) is 2. The fourth-order valence-corrected chi connectivity index (χ4v) is 2.33. The molecule has 0 bridgehead atoms. The van der Waals surface area contributed by atoms with Gasteiger partial charge in [-0.3, -0.25) is 0 Å². The maximum atomic E-state index is 12.6. The molecule has 0 aliphatic heterocycles. The lowest BCUT2D eigenvalue weighted by Crippen LogP contribution is -2.07. The number of hydrogen-bond acceptors (Lipinski definition) is 4. The van der Waals surface area contributed by atoms with Gasteiger partial charge in [-0.25, -0.2) is 4.98 Å². The van der Waals surface area contributed by atoms with Gasteiger partial charge >= 0.3 is 6.18 Å². The van der Waals surface area contributed by atoms with Crippen molar-refractivity contribution in [3.63, 3.8) is 0 Å². The third-order valence-corrected chi connectivity index (χ3v) is 3.74.